The molecule has 30 heavy (non-hydrogen) atoms. The van der Waals surface area contributed by atoms with Crippen LogP contribution in [0, 0.1) is 0 Å². The minimum Gasteiger partial charge on any atom is -0.461 e. The van der Waals surface area contributed by atoms with E-state index >= 15 is 0 Å². The number of sulfonamides is 1. The molecule has 0 radical (unpaired) electrons. The van der Waals surface area contributed by atoms with Gasteiger partial charge in [-0.15, -0.1) is 0 Å². The van der Waals surface area contributed by atoms with Gasteiger partial charge in [0.1, 0.15) is 11.5 Å². The minimum atomic E-state index is -3.46. The van der Waals surface area contributed by atoms with E-state index in [0.29, 0.717) is 12.8 Å². The van der Waals surface area contributed by atoms with Gasteiger partial charge in [-0.25, -0.2) is 12.7 Å². The largest absolute Gasteiger partial charge is 0.461 e. The molecule has 1 unspecified atom stereocenters. The summed E-state index contributed by atoms with van der Waals surface area (Å²) in [7, 11) is -0.476. The number of furan rings is 1. The van der Waals surface area contributed by atoms with Crippen molar-refractivity contribution in [2.24, 2.45) is 0 Å². The van der Waals surface area contributed by atoms with E-state index in [9.17, 15) is 13.2 Å². The number of amides is 1. The molecule has 1 atom stereocenters. The van der Waals surface area contributed by atoms with Crippen molar-refractivity contribution < 1.29 is 17.6 Å². The summed E-state index contributed by atoms with van der Waals surface area (Å²) in [5.74, 6) is 1.45. The summed E-state index contributed by atoms with van der Waals surface area (Å²) < 4.78 is 31.3. The summed E-state index contributed by atoms with van der Waals surface area (Å²) in [6.45, 7) is 1.87. The molecule has 1 amide bonds. The van der Waals surface area contributed by atoms with Gasteiger partial charge in [0.25, 0.3) is 0 Å². The van der Waals surface area contributed by atoms with Gasteiger partial charge < -0.3 is 9.73 Å². The lowest BCUT2D eigenvalue weighted by molar-refractivity contribution is -0.121. The Bertz CT molecular complexity index is 1090. The summed E-state index contributed by atoms with van der Waals surface area (Å²) in [6, 6.07) is 19.9. The van der Waals surface area contributed by atoms with Crippen LogP contribution >= 0.6 is 0 Å². The lowest BCUT2D eigenvalue weighted by atomic mass is 10.1. The molecule has 0 aliphatic heterocycles. The SMILES string of the molecule is CC(NC(=O)CCc1ccc(-c2ccccc2)o1)c1ccc(S(=O)(=O)N(C)C)cc1. The fourth-order valence-corrected chi connectivity index (χ4v) is 3.94. The van der Waals surface area contributed by atoms with Gasteiger partial charge in [-0.2, -0.15) is 0 Å². The Morgan fingerprint density at radius 1 is 1.00 bits per heavy atom. The third kappa shape index (κ3) is 5.17. The average Bonchev–Trinajstić information content (AvgIpc) is 3.22. The first kappa shape index (κ1) is 21.8. The minimum absolute atomic E-state index is 0.0925. The number of benzene rings is 2. The van der Waals surface area contributed by atoms with E-state index in [1.165, 1.54) is 18.4 Å². The van der Waals surface area contributed by atoms with Crippen molar-refractivity contribution in [2.75, 3.05) is 14.1 Å². The molecule has 3 aromatic rings. The maximum atomic E-state index is 12.3. The van der Waals surface area contributed by atoms with E-state index in [4.69, 9.17) is 4.42 Å². The van der Waals surface area contributed by atoms with Gasteiger partial charge in [0.05, 0.1) is 10.9 Å². The van der Waals surface area contributed by atoms with Crippen LogP contribution in [0.5, 0.6) is 0 Å². The predicted octanol–water partition coefficient (Wildman–Crippen LogP) is 4.01. The molecule has 7 heteroatoms. The van der Waals surface area contributed by atoms with E-state index in [2.05, 4.69) is 5.32 Å². The molecular weight excluding hydrogens is 400 g/mol. The molecule has 3 rings (SSSR count). The normalized spacial score (nSPS) is 12.7. The fourth-order valence-electron chi connectivity index (χ4n) is 3.04. The van der Waals surface area contributed by atoms with Crippen LogP contribution in [0.1, 0.15) is 30.7 Å². The van der Waals surface area contributed by atoms with Crippen LogP contribution in [-0.2, 0) is 21.2 Å². The number of hydrogen-bond acceptors (Lipinski definition) is 4. The molecule has 0 saturated heterocycles. The van der Waals surface area contributed by atoms with Crippen molar-refractivity contribution in [1.82, 2.24) is 9.62 Å². The number of aryl methyl sites for hydroxylation is 1. The fraction of sp³-hybridized carbons (Fsp3) is 0.261. The zero-order chi connectivity index (χ0) is 21.7. The summed E-state index contributed by atoms with van der Waals surface area (Å²) >= 11 is 0. The number of carbonyl (C=O) groups excluding carboxylic acids is 1. The van der Waals surface area contributed by atoms with Crippen LogP contribution < -0.4 is 5.32 Å². The third-order valence-corrected chi connectivity index (χ3v) is 6.68. The second-order valence-corrected chi connectivity index (χ2v) is 9.43. The van der Waals surface area contributed by atoms with Gasteiger partial charge in [-0.3, -0.25) is 4.79 Å². The molecule has 0 aliphatic rings. The first-order chi connectivity index (χ1) is 14.3. The maximum Gasteiger partial charge on any atom is 0.242 e. The van der Waals surface area contributed by atoms with Crippen LogP contribution in [0.2, 0.25) is 0 Å². The number of nitrogens with one attached hydrogen (secondary N) is 1. The Morgan fingerprint density at radius 3 is 2.30 bits per heavy atom. The van der Waals surface area contributed by atoms with Crippen LogP contribution in [0.3, 0.4) is 0 Å². The van der Waals surface area contributed by atoms with Crippen molar-refractivity contribution in [3.8, 4) is 11.3 Å². The van der Waals surface area contributed by atoms with E-state index in [1.807, 2.05) is 49.4 Å². The Balaban J connectivity index is 1.54. The first-order valence-electron chi connectivity index (χ1n) is 9.73. The van der Waals surface area contributed by atoms with E-state index in [0.717, 1.165) is 22.6 Å². The Morgan fingerprint density at radius 2 is 1.67 bits per heavy atom. The lowest BCUT2D eigenvalue weighted by Crippen LogP contribution is -2.27. The molecule has 0 fully saturated rings. The van der Waals surface area contributed by atoms with Crippen LogP contribution in [0.15, 0.2) is 76.0 Å². The monoisotopic (exact) mass is 426 g/mol. The number of rotatable bonds is 8. The molecule has 1 N–H and O–H groups in total. The van der Waals surface area contributed by atoms with E-state index in [1.54, 1.807) is 24.3 Å². The molecule has 6 nitrogen and oxygen atoms in total. The van der Waals surface area contributed by atoms with E-state index < -0.39 is 10.0 Å². The summed E-state index contributed by atoms with van der Waals surface area (Å²) in [6.07, 6.45) is 0.810. The molecule has 1 heterocycles. The zero-order valence-electron chi connectivity index (χ0n) is 17.3. The standard InChI is InChI=1S/C23H26N2O4S/c1-17(18-9-13-21(14-10-18)30(27,28)25(2)3)24-23(26)16-12-20-11-15-22(29-20)19-7-5-4-6-8-19/h4-11,13-15,17H,12,16H2,1-3H3,(H,24,26). The van der Waals surface area contributed by atoms with Crippen LogP contribution in [0.4, 0.5) is 0 Å². The van der Waals surface area contributed by atoms with Crippen molar-refractivity contribution in [3.05, 3.63) is 78.1 Å². The molecule has 0 saturated carbocycles. The predicted molar refractivity (Wildman–Crippen MR) is 116 cm³/mol. The van der Waals surface area contributed by atoms with Gasteiger partial charge in [-0.05, 0) is 36.8 Å². The van der Waals surface area contributed by atoms with Gasteiger partial charge in [-0.1, -0.05) is 42.5 Å². The van der Waals surface area contributed by atoms with Gasteiger partial charge in [0.15, 0.2) is 0 Å². The maximum absolute atomic E-state index is 12.3. The van der Waals surface area contributed by atoms with Crippen LogP contribution in [-0.4, -0.2) is 32.7 Å². The molecule has 0 spiro atoms. The second kappa shape index (κ2) is 9.28. The molecule has 158 valence electrons. The lowest BCUT2D eigenvalue weighted by Gasteiger charge is -2.16. The molecule has 0 aliphatic carbocycles. The van der Waals surface area contributed by atoms with Gasteiger partial charge in [0.2, 0.25) is 15.9 Å². The Hall–Kier alpha value is -2.90. The van der Waals surface area contributed by atoms with Crippen LogP contribution in [0.25, 0.3) is 11.3 Å². The molecule has 1 aromatic heterocycles. The number of hydrogen-bond donors (Lipinski definition) is 1. The van der Waals surface area contributed by atoms with E-state index in [-0.39, 0.29) is 16.8 Å². The highest BCUT2D eigenvalue weighted by Gasteiger charge is 2.18. The highest BCUT2D eigenvalue weighted by molar-refractivity contribution is 7.89. The Kier molecular flexibility index (Phi) is 6.74. The quantitative estimate of drug-likeness (QED) is 0.590. The highest BCUT2D eigenvalue weighted by atomic mass is 32.2. The van der Waals surface area contributed by atoms with Gasteiger partial charge in [0, 0.05) is 32.5 Å². The van der Waals surface area contributed by atoms with Crippen molar-refractivity contribution in [2.45, 2.75) is 30.7 Å². The Labute approximate surface area is 177 Å². The number of carbonyl (C=O) groups is 1. The zero-order valence-corrected chi connectivity index (χ0v) is 18.1. The topological polar surface area (TPSA) is 79.6 Å². The molecule has 0 bridgehead atoms. The summed E-state index contributed by atoms with van der Waals surface area (Å²) in [5, 5.41) is 2.95. The van der Waals surface area contributed by atoms with Gasteiger partial charge >= 0.3 is 0 Å². The third-order valence-electron chi connectivity index (χ3n) is 4.85. The summed E-state index contributed by atoms with van der Waals surface area (Å²) in [4.78, 5) is 12.6. The first-order valence-corrected chi connectivity index (χ1v) is 11.2. The average molecular weight is 427 g/mol. The number of nitrogens with zero attached hydrogens (tertiary/aromatic N) is 1. The second-order valence-electron chi connectivity index (χ2n) is 7.28. The van der Waals surface area contributed by atoms with Crippen molar-refractivity contribution >= 4 is 15.9 Å². The van der Waals surface area contributed by atoms with Crippen molar-refractivity contribution in [1.29, 1.82) is 0 Å². The summed E-state index contributed by atoms with van der Waals surface area (Å²) in [5.41, 5.74) is 1.84. The molecule has 2 aromatic carbocycles. The van der Waals surface area contributed by atoms with Crippen molar-refractivity contribution in [3.63, 3.8) is 0 Å². The smallest absolute Gasteiger partial charge is 0.242 e. The highest BCUT2D eigenvalue weighted by Crippen LogP contribution is 2.23. The molecular formula is C23H26N2O4S.